The van der Waals surface area contributed by atoms with Crippen molar-refractivity contribution in [2.24, 2.45) is 0 Å². The molecule has 0 aromatic heterocycles. The van der Waals surface area contributed by atoms with Crippen molar-refractivity contribution in [1.29, 1.82) is 0 Å². The normalized spacial score (nSPS) is 10.9. The van der Waals surface area contributed by atoms with Gasteiger partial charge in [-0.25, -0.2) is 0 Å². The Morgan fingerprint density at radius 1 is 0.675 bits per heavy atom. The van der Waals surface area contributed by atoms with E-state index in [1.54, 1.807) is 6.08 Å². The van der Waals surface area contributed by atoms with Crippen LogP contribution in [0.1, 0.15) is 88.5 Å². The highest BCUT2D eigenvalue weighted by atomic mass is 16.3. The van der Waals surface area contributed by atoms with E-state index in [1.807, 2.05) is 33.8 Å². The topological polar surface area (TPSA) is 37.3 Å². The average molecular weight is 547 g/mol. The second-order valence-corrected chi connectivity index (χ2v) is 9.56. The highest BCUT2D eigenvalue weighted by Crippen LogP contribution is 2.22. The lowest BCUT2D eigenvalue weighted by molar-refractivity contribution is -0.114. The van der Waals surface area contributed by atoms with Crippen LogP contribution in [0.2, 0.25) is 0 Å². The zero-order chi connectivity index (χ0) is 32.3. The van der Waals surface area contributed by atoms with Crippen LogP contribution in [-0.2, 0) is 4.79 Å². The Bertz CT molecular complexity index is 932. The molecular weight excluding hydrogens is 488 g/mol. The van der Waals surface area contributed by atoms with Crippen LogP contribution in [0.25, 0.3) is 0 Å². The minimum Gasteiger partial charge on any atom is -0.389 e. The second kappa shape index (κ2) is 28.5. The van der Waals surface area contributed by atoms with Gasteiger partial charge in [0, 0.05) is 6.42 Å². The van der Waals surface area contributed by atoms with Gasteiger partial charge in [0.25, 0.3) is 0 Å². The van der Waals surface area contributed by atoms with Crippen LogP contribution in [0.15, 0.2) is 124 Å². The molecule has 0 aliphatic heterocycles. The highest BCUT2D eigenvalue weighted by molar-refractivity contribution is 5.90. The lowest BCUT2D eigenvalue weighted by atomic mass is 9.94. The minimum absolute atomic E-state index is 0.216. The fourth-order valence-electron chi connectivity index (χ4n) is 3.54. The van der Waals surface area contributed by atoms with Gasteiger partial charge in [-0.3, -0.25) is 4.79 Å². The minimum atomic E-state index is -0.332. The van der Waals surface area contributed by atoms with Crippen LogP contribution in [0.4, 0.5) is 0 Å². The van der Waals surface area contributed by atoms with Crippen molar-refractivity contribution in [3.8, 4) is 0 Å². The summed E-state index contributed by atoms with van der Waals surface area (Å²) in [7, 11) is 0. The van der Waals surface area contributed by atoms with Gasteiger partial charge in [0.15, 0.2) is 5.78 Å². The summed E-state index contributed by atoms with van der Waals surface area (Å²) in [5.74, 6) is 0.906. The molecule has 2 heteroatoms. The first-order valence-corrected chi connectivity index (χ1v) is 13.6. The number of carbonyl (C=O) groups excluding carboxylic acids is 1. The Labute approximate surface area is 248 Å². The number of aliphatic hydroxyl groups excluding tert-OH is 1. The first-order chi connectivity index (χ1) is 19.0. The summed E-state index contributed by atoms with van der Waals surface area (Å²) in [5, 5.41) is 9.83. The molecule has 0 saturated carbocycles. The predicted octanol–water partition coefficient (Wildman–Crippen LogP) is 11.0. The Morgan fingerprint density at radius 3 is 1.35 bits per heavy atom. The maximum absolute atomic E-state index is 11.6. The molecular formula is C38H58O2. The molecule has 1 unspecified atom stereocenters. The van der Waals surface area contributed by atoms with Crippen molar-refractivity contribution in [1.82, 2.24) is 0 Å². The smallest absolute Gasteiger partial charge is 0.156 e. The van der Waals surface area contributed by atoms with Gasteiger partial charge in [-0.05, 0) is 77.0 Å². The molecule has 0 fully saturated rings. The molecule has 0 spiro atoms. The number of benzene rings is 2. The maximum Gasteiger partial charge on any atom is 0.156 e. The van der Waals surface area contributed by atoms with E-state index in [1.165, 1.54) is 27.8 Å². The molecule has 0 heterocycles. The van der Waals surface area contributed by atoms with Gasteiger partial charge in [0.05, 0.1) is 6.10 Å². The van der Waals surface area contributed by atoms with Gasteiger partial charge >= 0.3 is 0 Å². The SMILES string of the molecule is C=C.C=C.C=C.C=C.CC(C)=CC(=O)C[C@H](C)c1ccc(C)cc1.CC(C)=CC(O)C[C@H](C)c1ccc(C)cc1. The van der Waals surface area contributed by atoms with Crippen molar-refractivity contribution in [2.45, 2.75) is 86.2 Å². The number of rotatable bonds is 8. The van der Waals surface area contributed by atoms with Gasteiger partial charge in [-0.2, -0.15) is 0 Å². The summed E-state index contributed by atoms with van der Waals surface area (Å²) in [6, 6.07) is 16.9. The fraction of sp³-hybridized carbons (Fsp3) is 0.342. The van der Waals surface area contributed by atoms with E-state index < -0.39 is 0 Å². The van der Waals surface area contributed by atoms with Crippen molar-refractivity contribution in [2.75, 3.05) is 0 Å². The van der Waals surface area contributed by atoms with Gasteiger partial charge in [-0.15, -0.1) is 52.6 Å². The molecule has 3 atom stereocenters. The van der Waals surface area contributed by atoms with Crippen LogP contribution < -0.4 is 0 Å². The molecule has 0 aliphatic carbocycles. The largest absolute Gasteiger partial charge is 0.389 e. The third-order valence-electron chi connectivity index (χ3n) is 5.37. The summed E-state index contributed by atoms with van der Waals surface area (Å²) in [6.07, 6.45) is 4.69. The summed E-state index contributed by atoms with van der Waals surface area (Å²) in [6.45, 7) is 40.4. The van der Waals surface area contributed by atoms with E-state index in [0.717, 1.165) is 12.0 Å². The van der Waals surface area contributed by atoms with Crippen LogP contribution in [-0.4, -0.2) is 17.0 Å². The lowest BCUT2D eigenvalue weighted by Gasteiger charge is -2.15. The van der Waals surface area contributed by atoms with Crippen LogP contribution >= 0.6 is 0 Å². The quantitative estimate of drug-likeness (QED) is 0.264. The summed E-state index contributed by atoms with van der Waals surface area (Å²) >= 11 is 0. The zero-order valence-electron chi connectivity index (χ0n) is 26.9. The molecule has 2 rings (SSSR count). The van der Waals surface area contributed by atoms with Crippen molar-refractivity contribution in [3.05, 3.63) is 147 Å². The molecule has 222 valence electrons. The number of ketones is 1. The first kappa shape index (κ1) is 43.6. The Morgan fingerprint density at radius 2 is 1.02 bits per heavy atom. The van der Waals surface area contributed by atoms with Gasteiger partial charge in [0.2, 0.25) is 0 Å². The van der Waals surface area contributed by atoms with E-state index in [-0.39, 0.29) is 11.9 Å². The molecule has 2 nitrogen and oxygen atoms in total. The van der Waals surface area contributed by atoms with Crippen LogP contribution in [0.5, 0.6) is 0 Å². The van der Waals surface area contributed by atoms with E-state index in [2.05, 4.69) is 129 Å². The van der Waals surface area contributed by atoms with Crippen LogP contribution in [0, 0.1) is 13.8 Å². The van der Waals surface area contributed by atoms with E-state index >= 15 is 0 Å². The number of carbonyl (C=O) groups is 1. The second-order valence-electron chi connectivity index (χ2n) is 9.56. The number of aryl methyl sites for hydroxylation is 2. The number of allylic oxidation sites excluding steroid dienone is 3. The number of hydrogen-bond donors (Lipinski definition) is 1. The molecule has 40 heavy (non-hydrogen) atoms. The van der Waals surface area contributed by atoms with Crippen molar-refractivity contribution in [3.63, 3.8) is 0 Å². The number of hydrogen-bond acceptors (Lipinski definition) is 2. The first-order valence-electron chi connectivity index (χ1n) is 13.6. The number of aliphatic hydroxyl groups is 1. The average Bonchev–Trinajstić information content (AvgIpc) is 2.93. The van der Waals surface area contributed by atoms with Crippen molar-refractivity contribution >= 4 is 5.78 Å². The van der Waals surface area contributed by atoms with Crippen LogP contribution in [0.3, 0.4) is 0 Å². The summed E-state index contributed by atoms with van der Waals surface area (Å²) in [5.41, 5.74) is 7.31. The fourth-order valence-corrected chi connectivity index (χ4v) is 3.54. The van der Waals surface area contributed by atoms with Gasteiger partial charge in [0.1, 0.15) is 0 Å². The lowest BCUT2D eigenvalue weighted by Crippen LogP contribution is -2.08. The molecule has 0 aliphatic rings. The van der Waals surface area contributed by atoms with E-state index in [0.29, 0.717) is 18.3 Å². The molecule has 0 radical (unpaired) electrons. The van der Waals surface area contributed by atoms with Crippen molar-refractivity contribution < 1.29 is 9.90 Å². The molecule has 1 N–H and O–H groups in total. The molecule has 2 aromatic carbocycles. The Kier molecular flexibility index (Phi) is 31.1. The molecule has 0 saturated heterocycles. The zero-order valence-corrected chi connectivity index (χ0v) is 26.9. The van der Waals surface area contributed by atoms with Gasteiger partial charge < -0.3 is 5.11 Å². The molecule has 0 amide bonds. The van der Waals surface area contributed by atoms with E-state index in [9.17, 15) is 9.90 Å². The Balaban J connectivity index is -0.000000259. The maximum atomic E-state index is 11.6. The summed E-state index contributed by atoms with van der Waals surface area (Å²) in [4.78, 5) is 11.6. The molecule has 2 aromatic rings. The van der Waals surface area contributed by atoms with Gasteiger partial charge in [-0.1, -0.05) is 90.7 Å². The third-order valence-corrected chi connectivity index (χ3v) is 5.37. The standard InChI is InChI=1S/C15H22O.C15H20O.4C2H4/c2*1-11(2)9-15(16)10-13(4)14-7-5-12(3)6-8-14;4*1-2/h5-9,13,15-16H,10H2,1-4H3;5-9,13H,10H2,1-4H3;4*1-2H2/t13-,15?;13-;;;;/m00..../s1. The summed E-state index contributed by atoms with van der Waals surface area (Å²) < 4.78 is 0. The monoisotopic (exact) mass is 546 g/mol. The van der Waals surface area contributed by atoms with E-state index in [4.69, 9.17) is 0 Å². The Hall–Kier alpha value is -3.49. The molecule has 0 bridgehead atoms. The highest BCUT2D eigenvalue weighted by Gasteiger charge is 2.10. The third kappa shape index (κ3) is 23.6. The predicted molar refractivity (Wildman–Crippen MR) is 183 cm³/mol.